The molecule has 1 fully saturated rings. The molecule has 4 aromatic rings. The number of carbonyl (C=O) groups excluding carboxylic acids is 3. The number of anilines is 1. The van der Waals surface area contributed by atoms with Crippen LogP contribution in [0.3, 0.4) is 0 Å². The van der Waals surface area contributed by atoms with Crippen molar-refractivity contribution in [2.45, 2.75) is 70.2 Å². The molecule has 230 valence electrons. The average Bonchev–Trinajstić information content (AvgIpc) is 2.99. The van der Waals surface area contributed by atoms with E-state index in [0.717, 1.165) is 35.6 Å². The predicted molar refractivity (Wildman–Crippen MR) is 177 cm³/mol. The molecular weight excluding hydrogens is 562 g/mol. The molecule has 0 heterocycles. The van der Waals surface area contributed by atoms with Crippen molar-refractivity contribution in [1.29, 1.82) is 0 Å². The Labute approximate surface area is 265 Å². The van der Waals surface area contributed by atoms with E-state index in [9.17, 15) is 14.4 Å². The minimum Gasteiger partial charge on any atom is -0.444 e. The summed E-state index contributed by atoms with van der Waals surface area (Å²) in [6, 6.07) is 28.2. The Morgan fingerprint density at radius 2 is 1.58 bits per heavy atom. The summed E-state index contributed by atoms with van der Waals surface area (Å²) in [6.07, 6.45) is 7.60. The zero-order chi connectivity index (χ0) is 32.0. The van der Waals surface area contributed by atoms with Gasteiger partial charge in [0.05, 0.1) is 0 Å². The maximum atomic E-state index is 14.7. The number of alkyl carbamates (subject to hydrolysis) is 1. The quantitative estimate of drug-likeness (QED) is 0.202. The van der Waals surface area contributed by atoms with Gasteiger partial charge in [0.25, 0.3) is 5.91 Å². The Hall–Kier alpha value is -5.09. The summed E-state index contributed by atoms with van der Waals surface area (Å²) in [6.45, 7) is 5.32. The van der Waals surface area contributed by atoms with Crippen LogP contribution in [0, 0.1) is 12.3 Å². The largest absolute Gasteiger partial charge is 0.444 e. The summed E-state index contributed by atoms with van der Waals surface area (Å²) in [5.41, 5.74) is 2.04. The molecule has 0 saturated heterocycles. The van der Waals surface area contributed by atoms with Gasteiger partial charge in [-0.2, -0.15) is 0 Å². The Bertz CT molecular complexity index is 1700. The lowest BCUT2D eigenvalue weighted by Gasteiger charge is -2.43. The summed E-state index contributed by atoms with van der Waals surface area (Å²) in [5.74, 6) is 1.91. The van der Waals surface area contributed by atoms with Crippen LogP contribution < -0.4 is 10.6 Å². The van der Waals surface area contributed by atoms with Crippen LogP contribution in [0.2, 0.25) is 0 Å². The van der Waals surface area contributed by atoms with Crippen molar-refractivity contribution in [3.05, 3.63) is 114 Å². The molecule has 2 atom stereocenters. The molecule has 0 bridgehead atoms. The summed E-state index contributed by atoms with van der Waals surface area (Å²) in [4.78, 5) is 43.7. The van der Waals surface area contributed by atoms with Crippen LogP contribution in [0.15, 0.2) is 97.1 Å². The van der Waals surface area contributed by atoms with Gasteiger partial charge in [0.15, 0.2) is 0 Å². The van der Waals surface area contributed by atoms with E-state index in [-0.39, 0.29) is 24.3 Å². The highest BCUT2D eigenvalue weighted by Gasteiger charge is 2.42. The highest BCUT2D eigenvalue weighted by Crippen LogP contribution is 2.35. The Balaban J connectivity index is 1.53. The maximum absolute atomic E-state index is 14.7. The van der Waals surface area contributed by atoms with E-state index in [1.165, 1.54) is 0 Å². The number of carbonyl (C=O) groups is 3. The molecule has 4 aromatic carbocycles. The van der Waals surface area contributed by atoms with Crippen LogP contribution in [0.1, 0.15) is 62.8 Å². The fraction of sp³-hybridized carbons (Fsp3) is 0.289. The fourth-order valence-electron chi connectivity index (χ4n) is 5.54. The standard InChI is InChI=1S/C38H39N3O4/c1-5-26-18-20-29(21-19-26)34(35(42)39-31-23-22-28-14-9-10-15-30(28)25-31)41(32-16-11-17-32)36(43)33(24-27-12-7-6-8-13-27)40-37(44)45-38(2,3)4/h1,6-10,12-15,18-23,25,32-34H,11,16-17,24H2,2-4H3,(H,39,42)(H,40,44). The molecule has 0 spiro atoms. The lowest BCUT2D eigenvalue weighted by molar-refractivity contribution is -0.145. The molecule has 5 rings (SSSR count). The lowest BCUT2D eigenvalue weighted by Crippen LogP contribution is -2.57. The zero-order valence-corrected chi connectivity index (χ0v) is 26.0. The normalized spacial score (nSPS) is 14.4. The van der Waals surface area contributed by atoms with E-state index in [1.54, 1.807) is 49.9 Å². The summed E-state index contributed by atoms with van der Waals surface area (Å²) in [7, 11) is 0. The molecule has 7 heteroatoms. The van der Waals surface area contributed by atoms with Gasteiger partial charge in [0, 0.05) is 23.7 Å². The molecule has 2 N–H and O–H groups in total. The minimum absolute atomic E-state index is 0.184. The number of rotatable bonds is 9. The van der Waals surface area contributed by atoms with E-state index >= 15 is 0 Å². The number of hydrogen-bond acceptors (Lipinski definition) is 4. The number of ether oxygens (including phenoxy) is 1. The number of fused-ring (bicyclic) bond motifs is 1. The van der Waals surface area contributed by atoms with Gasteiger partial charge in [-0.15, -0.1) is 6.42 Å². The van der Waals surface area contributed by atoms with Gasteiger partial charge in [-0.3, -0.25) is 9.59 Å². The molecular formula is C38H39N3O4. The smallest absolute Gasteiger partial charge is 0.408 e. The number of hydrogen-bond donors (Lipinski definition) is 2. The molecule has 0 aliphatic heterocycles. The van der Waals surface area contributed by atoms with Crippen molar-refractivity contribution in [3.63, 3.8) is 0 Å². The summed E-state index contributed by atoms with van der Waals surface area (Å²) < 4.78 is 5.55. The zero-order valence-electron chi connectivity index (χ0n) is 26.0. The molecule has 0 radical (unpaired) electrons. The number of terminal acetylenes is 1. The Morgan fingerprint density at radius 1 is 0.911 bits per heavy atom. The van der Waals surface area contributed by atoms with Gasteiger partial charge in [-0.25, -0.2) is 4.79 Å². The fourth-order valence-corrected chi connectivity index (χ4v) is 5.54. The first-order chi connectivity index (χ1) is 21.6. The maximum Gasteiger partial charge on any atom is 0.408 e. The lowest BCUT2D eigenvalue weighted by atomic mass is 9.87. The van der Waals surface area contributed by atoms with E-state index in [2.05, 4.69) is 16.6 Å². The summed E-state index contributed by atoms with van der Waals surface area (Å²) in [5, 5.41) is 7.95. The third-order valence-corrected chi connectivity index (χ3v) is 7.93. The van der Waals surface area contributed by atoms with Gasteiger partial charge < -0.3 is 20.3 Å². The number of benzene rings is 4. The molecule has 1 aliphatic rings. The third kappa shape index (κ3) is 7.90. The van der Waals surface area contributed by atoms with E-state index in [1.807, 2.05) is 72.8 Å². The third-order valence-electron chi connectivity index (χ3n) is 7.93. The van der Waals surface area contributed by atoms with E-state index in [4.69, 9.17) is 11.2 Å². The molecule has 3 amide bonds. The highest BCUT2D eigenvalue weighted by atomic mass is 16.6. The van der Waals surface area contributed by atoms with Gasteiger partial charge in [0.2, 0.25) is 5.91 Å². The molecule has 1 saturated carbocycles. The van der Waals surface area contributed by atoms with Crippen LogP contribution in [0.5, 0.6) is 0 Å². The Morgan fingerprint density at radius 3 is 2.20 bits per heavy atom. The molecule has 2 unspecified atom stereocenters. The van der Waals surface area contributed by atoms with E-state index < -0.39 is 23.8 Å². The Kier molecular flexibility index (Phi) is 9.53. The van der Waals surface area contributed by atoms with Crippen LogP contribution >= 0.6 is 0 Å². The molecule has 7 nitrogen and oxygen atoms in total. The minimum atomic E-state index is -0.972. The van der Waals surface area contributed by atoms with Crippen LogP contribution in [0.4, 0.5) is 10.5 Å². The number of nitrogens with zero attached hydrogens (tertiary/aromatic N) is 1. The van der Waals surface area contributed by atoms with E-state index in [0.29, 0.717) is 16.8 Å². The van der Waals surface area contributed by atoms with Crippen molar-refractivity contribution in [1.82, 2.24) is 10.2 Å². The summed E-state index contributed by atoms with van der Waals surface area (Å²) >= 11 is 0. The number of amides is 3. The average molecular weight is 602 g/mol. The van der Waals surface area contributed by atoms with Gasteiger partial charge >= 0.3 is 6.09 Å². The second-order valence-electron chi connectivity index (χ2n) is 12.4. The second-order valence-corrected chi connectivity index (χ2v) is 12.4. The van der Waals surface area contributed by atoms with Gasteiger partial charge in [-0.05, 0) is 86.2 Å². The van der Waals surface area contributed by atoms with Gasteiger partial charge in [-0.1, -0.05) is 78.7 Å². The topological polar surface area (TPSA) is 87.7 Å². The first-order valence-corrected chi connectivity index (χ1v) is 15.3. The highest BCUT2D eigenvalue weighted by molar-refractivity contribution is 6.00. The van der Waals surface area contributed by atoms with Crippen molar-refractivity contribution < 1.29 is 19.1 Å². The first-order valence-electron chi connectivity index (χ1n) is 15.3. The van der Waals surface area contributed by atoms with Crippen LogP contribution in [-0.2, 0) is 20.7 Å². The molecule has 1 aliphatic carbocycles. The predicted octanol–water partition coefficient (Wildman–Crippen LogP) is 7.02. The number of nitrogens with one attached hydrogen (secondary N) is 2. The van der Waals surface area contributed by atoms with Crippen molar-refractivity contribution in [2.24, 2.45) is 0 Å². The van der Waals surface area contributed by atoms with Crippen LogP contribution in [-0.4, -0.2) is 40.5 Å². The molecule has 0 aromatic heterocycles. The van der Waals surface area contributed by atoms with Crippen molar-refractivity contribution >= 4 is 34.4 Å². The second kappa shape index (κ2) is 13.7. The molecule has 45 heavy (non-hydrogen) atoms. The van der Waals surface area contributed by atoms with Gasteiger partial charge in [0.1, 0.15) is 17.7 Å². The SMILES string of the molecule is C#Cc1ccc(C(C(=O)Nc2ccc3ccccc3c2)N(C(=O)C(Cc2ccccc2)NC(=O)OC(C)(C)C)C2CCC2)cc1. The van der Waals surface area contributed by atoms with Crippen molar-refractivity contribution in [2.75, 3.05) is 5.32 Å². The monoisotopic (exact) mass is 601 g/mol. The van der Waals surface area contributed by atoms with Crippen molar-refractivity contribution in [3.8, 4) is 12.3 Å². The van der Waals surface area contributed by atoms with Crippen LogP contribution in [0.25, 0.3) is 10.8 Å². The first kappa shape index (κ1) is 31.3.